The van der Waals surface area contributed by atoms with Gasteiger partial charge in [-0.1, -0.05) is 0 Å². The third kappa shape index (κ3) is 7.68. The number of hydrogen-bond acceptors (Lipinski definition) is 4. The highest BCUT2D eigenvalue weighted by Gasteiger charge is 2.36. The maximum absolute atomic E-state index is 14.0. The number of halogens is 3. The van der Waals surface area contributed by atoms with E-state index in [4.69, 9.17) is 5.11 Å². The highest BCUT2D eigenvalue weighted by Crippen LogP contribution is 2.20. The smallest absolute Gasteiger partial charge is 0.232 e. The molecule has 0 aliphatic rings. The summed E-state index contributed by atoms with van der Waals surface area (Å²) in [6.45, 7) is 3.63. The van der Waals surface area contributed by atoms with Crippen LogP contribution in [0.3, 0.4) is 0 Å². The molecule has 0 spiro atoms. The predicted octanol–water partition coefficient (Wildman–Crippen LogP) is 1.80. The Bertz CT molecular complexity index is 257. The second kappa shape index (κ2) is 9.83. The minimum atomic E-state index is -2.25. The number of hydrogen-bond donors (Lipinski definition) is 2. The Morgan fingerprint density at radius 2 is 1.95 bits per heavy atom. The monoisotopic (exact) mass is 319 g/mol. The molecule has 122 valence electrons. The number of ether oxygens (including phenoxy) is 1. The predicted molar refractivity (Wildman–Crippen MR) is 72.9 cm³/mol. The van der Waals surface area contributed by atoms with E-state index in [2.05, 4.69) is 9.46 Å². The van der Waals surface area contributed by atoms with Gasteiger partial charge in [0.15, 0.2) is 6.17 Å². The van der Waals surface area contributed by atoms with Crippen LogP contribution in [-0.2, 0) is 16.1 Å². The number of alkyl halides is 3. The lowest BCUT2D eigenvalue weighted by Gasteiger charge is -2.30. The van der Waals surface area contributed by atoms with Crippen molar-refractivity contribution in [2.24, 2.45) is 0 Å². The Balaban J connectivity index is 4.60. The maximum atomic E-state index is 14.0. The van der Waals surface area contributed by atoms with Gasteiger partial charge in [0.2, 0.25) is 6.36 Å². The molecule has 0 bridgehead atoms. The van der Waals surface area contributed by atoms with E-state index in [9.17, 15) is 17.7 Å². The first-order valence-electron chi connectivity index (χ1n) is 6.48. The minimum Gasteiger partial charge on any atom is -0.598 e. The first-order chi connectivity index (χ1) is 9.23. The molecule has 3 unspecified atom stereocenters. The maximum Gasteiger partial charge on any atom is 0.232 e. The summed E-state index contributed by atoms with van der Waals surface area (Å²) in [5, 5.41) is 8.50. The molecule has 0 amide bonds. The zero-order valence-electron chi connectivity index (χ0n) is 12.1. The van der Waals surface area contributed by atoms with Gasteiger partial charge in [0, 0.05) is 11.4 Å². The summed E-state index contributed by atoms with van der Waals surface area (Å²) < 4.78 is 57.9. The Labute approximate surface area is 121 Å². The normalized spacial score (nSPS) is 18.6. The average molecular weight is 319 g/mol. The van der Waals surface area contributed by atoms with Crippen molar-refractivity contribution < 1.29 is 27.6 Å². The summed E-state index contributed by atoms with van der Waals surface area (Å²) in [7, 11) is 0. The summed E-state index contributed by atoms with van der Waals surface area (Å²) in [6.07, 6.45) is -4.30. The average Bonchev–Trinajstić information content (AvgIpc) is 2.38. The van der Waals surface area contributed by atoms with Gasteiger partial charge >= 0.3 is 0 Å². The molecule has 2 N–H and O–H groups in total. The van der Waals surface area contributed by atoms with Crippen molar-refractivity contribution in [3.8, 4) is 0 Å². The van der Waals surface area contributed by atoms with Crippen LogP contribution < -0.4 is 4.72 Å². The number of rotatable bonds is 10. The van der Waals surface area contributed by atoms with Gasteiger partial charge in [-0.15, -0.1) is 4.72 Å². The van der Waals surface area contributed by atoms with Crippen LogP contribution >= 0.6 is 0 Å². The Morgan fingerprint density at radius 1 is 1.35 bits per heavy atom. The van der Waals surface area contributed by atoms with Crippen molar-refractivity contribution >= 4 is 11.4 Å². The molecule has 20 heavy (non-hydrogen) atoms. The molecule has 8 heteroatoms. The summed E-state index contributed by atoms with van der Waals surface area (Å²) in [6, 6.07) is -1.11. The topological polar surface area (TPSA) is 64.5 Å². The van der Waals surface area contributed by atoms with Crippen molar-refractivity contribution in [3.63, 3.8) is 0 Å². The second-order valence-electron chi connectivity index (χ2n) is 5.33. The molecule has 0 fully saturated rings. The SMILES string of the molecule is CC(C)(C)[S+]([O-])NC(CCCF)C(F)[C@H](F)OCCO. The fourth-order valence-corrected chi connectivity index (χ4v) is 2.21. The summed E-state index contributed by atoms with van der Waals surface area (Å²) in [5.74, 6) is 0. The van der Waals surface area contributed by atoms with Crippen molar-refractivity contribution in [1.29, 1.82) is 0 Å². The highest BCUT2D eigenvalue weighted by molar-refractivity contribution is 7.90. The third-order valence-corrected chi connectivity index (χ3v) is 4.10. The molecule has 0 heterocycles. The van der Waals surface area contributed by atoms with Crippen LogP contribution in [0, 0.1) is 0 Å². The van der Waals surface area contributed by atoms with Crippen molar-refractivity contribution in [3.05, 3.63) is 0 Å². The first kappa shape index (κ1) is 20.0. The van der Waals surface area contributed by atoms with Gasteiger partial charge < -0.3 is 14.4 Å². The van der Waals surface area contributed by atoms with Crippen molar-refractivity contribution in [2.45, 2.75) is 56.9 Å². The van der Waals surface area contributed by atoms with E-state index in [0.29, 0.717) is 0 Å². The van der Waals surface area contributed by atoms with Crippen LogP contribution in [-0.4, -0.2) is 52.9 Å². The van der Waals surface area contributed by atoms with Crippen LogP contribution in [0.25, 0.3) is 0 Å². The van der Waals surface area contributed by atoms with Gasteiger partial charge in [0.25, 0.3) is 0 Å². The summed E-state index contributed by atoms with van der Waals surface area (Å²) in [4.78, 5) is 0. The molecule has 0 aliphatic heterocycles. The van der Waals surface area contributed by atoms with Crippen LogP contribution in [0.5, 0.6) is 0 Å². The molecule has 0 aromatic rings. The molecular weight excluding hydrogens is 295 g/mol. The lowest BCUT2D eigenvalue weighted by molar-refractivity contribution is -0.102. The minimum absolute atomic E-state index is 0.00237. The molecule has 4 atom stereocenters. The van der Waals surface area contributed by atoms with E-state index in [-0.39, 0.29) is 19.4 Å². The molecule has 0 rings (SSSR count). The van der Waals surface area contributed by atoms with Gasteiger partial charge in [-0.3, -0.25) is 4.39 Å². The molecule has 0 saturated heterocycles. The highest BCUT2D eigenvalue weighted by atomic mass is 32.2. The first-order valence-corrected chi connectivity index (χ1v) is 7.63. The molecule has 0 saturated carbocycles. The molecular formula is C12H24F3NO3S. The zero-order chi connectivity index (χ0) is 15.8. The van der Waals surface area contributed by atoms with E-state index in [1.807, 2.05) is 0 Å². The van der Waals surface area contributed by atoms with E-state index < -0.39 is 48.0 Å². The number of aliphatic hydroxyl groups is 1. The van der Waals surface area contributed by atoms with Gasteiger partial charge in [0.05, 0.1) is 25.9 Å². The van der Waals surface area contributed by atoms with Crippen LogP contribution in [0.2, 0.25) is 0 Å². The second-order valence-corrected chi connectivity index (χ2v) is 7.32. The lowest BCUT2D eigenvalue weighted by Crippen LogP contribution is -2.50. The van der Waals surface area contributed by atoms with Gasteiger partial charge in [0.1, 0.15) is 4.75 Å². The van der Waals surface area contributed by atoms with Crippen LogP contribution in [0.15, 0.2) is 0 Å². The molecule has 0 radical (unpaired) electrons. The van der Waals surface area contributed by atoms with E-state index >= 15 is 0 Å². The fraction of sp³-hybridized carbons (Fsp3) is 1.00. The van der Waals surface area contributed by atoms with Crippen molar-refractivity contribution in [2.75, 3.05) is 19.9 Å². The summed E-state index contributed by atoms with van der Waals surface area (Å²) in [5.41, 5.74) is 0. The molecule has 4 nitrogen and oxygen atoms in total. The lowest BCUT2D eigenvalue weighted by atomic mass is 10.1. The summed E-state index contributed by atoms with van der Waals surface area (Å²) >= 11 is -1.60. The van der Waals surface area contributed by atoms with E-state index in [1.165, 1.54) is 0 Å². The number of nitrogens with one attached hydrogen (secondary N) is 1. The Morgan fingerprint density at radius 3 is 2.40 bits per heavy atom. The van der Waals surface area contributed by atoms with E-state index in [1.54, 1.807) is 20.8 Å². The zero-order valence-corrected chi connectivity index (χ0v) is 12.9. The quantitative estimate of drug-likeness (QED) is 0.603. The Hall–Kier alpha value is -0.0200. The third-order valence-electron chi connectivity index (χ3n) is 2.47. The fourth-order valence-electron chi connectivity index (χ4n) is 1.33. The molecule has 0 aromatic carbocycles. The van der Waals surface area contributed by atoms with E-state index in [0.717, 1.165) is 0 Å². The largest absolute Gasteiger partial charge is 0.598 e. The standard InChI is InChI=1S/C12H24F3NO3S/c1-12(2,3)20(18)16-9(5-4-6-13)10(14)11(15)19-8-7-17/h9-11,16-17H,4-8H2,1-3H3/t9?,10?,11-,20?/m1/s1. The van der Waals surface area contributed by atoms with Crippen LogP contribution in [0.1, 0.15) is 33.6 Å². The molecule has 0 aromatic heterocycles. The van der Waals surface area contributed by atoms with Gasteiger partial charge in [-0.05, 0) is 33.6 Å². The Kier molecular flexibility index (Phi) is 9.82. The van der Waals surface area contributed by atoms with Crippen LogP contribution in [0.4, 0.5) is 13.2 Å². The van der Waals surface area contributed by atoms with Gasteiger partial charge in [-0.25, -0.2) is 8.78 Å². The molecule has 0 aliphatic carbocycles. The van der Waals surface area contributed by atoms with Crippen molar-refractivity contribution in [1.82, 2.24) is 4.72 Å². The number of aliphatic hydroxyl groups excluding tert-OH is 1. The van der Waals surface area contributed by atoms with Gasteiger partial charge in [-0.2, -0.15) is 0 Å².